The van der Waals surface area contributed by atoms with Gasteiger partial charge >= 0.3 is 0 Å². The minimum atomic E-state index is 0.486. The highest BCUT2D eigenvalue weighted by molar-refractivity contribution is 5.78. The molecule has 0 atom stereocenters. The highest BCUT2D eigenvalue weighted by Crippen LogP contribution is 2.11. The number of Topliss-reactive ketones (excluding diaryl/α,β-unsaturated/α-hetero) is 1. The van der Waals surface area contributed by atoms with Gasteiger partial charge in [0.15, 0.2) is 12.4 Å². The fraction of sp³-hybridized carbons (Fsp3) is 0.714. The van der Waals surface area contributed by atoms with Crippen LogP contribution in [0.3, 0.4) is 0 Å². The molecule has 0 aliphatic carbocycles. The molecule has 0 aliphatic rings. The van der Waals surface area contributed by atoms with Crippen molar-refractivity contribution in [2.24, 2.45) is 0 Å². The summed E-state index contributed by atoms with van der Waals surface area (Å²) in [6, 6.07) is 6.21. The molecule has 2 nitrogen and oxygen atoms in total. The zero-order valence-electron chi connectivity index (χ0n) is 15.1. The SMILES string of the molecule is CCCCCCCCC(=O)CCCCCCC[n+]1ccccc1. The fourth-order valence-corrected chi connectivity index (χ4v) is 2.96. The van der Waals surface area contributed by atoms with Crippen molar-refractivity contribution >= 4 is 5.78 Å². The molecule has 0 saturated carbocycles. The molecule has 23 heavy (non-hydrogen) atoms. The first-order valence-corrected chi connectivity index (χ1v) is 9.78. The van der Waals surface area contributed by atoms with E-state index in [9.17, 15) is 4.79 Å². The van der Waals surface area contributed by atoms with Gasteiger partial charge in [0.25, 0.3) is 0 Å². The number of unbranched alkanes of at least 4 members (excludes halogenated alkanes) is 9. The molecule has 0 spiro atoms. The Bertz CT molecular complexity index is 388. The molecule has 0 radical (unpaired) electrons. The third kappa shape index (κ3) is 12.0. The van der Waals surface area contributed by atoms with Gasteiger partial charge in [-0.15, -0.1) is 0 Å². The second-order valence-corrected chi connectivity index (χ2v) is 6.69. The van der Waals surface area contributed by atoms with Gasteiger partial charge in [0.1, 0.15) is 12.3 Å². The molecule has 0 N–H and O–H groups in total. The molecule has 0 unspecified atom stereocenters. The van der Waals surface area contributed by atoms with E-state index in [0.29, 0.717) is 5.78 Å². The lowest BCUT2D eigenvalue weighted by Crippen LogP contribution is -2.32. The first kappa shape index (κ1) is 19.9. The molecule has 1 heterocycles. The van der Waals surface area contributed by atoms with Crippen molar-refractivity contribution in [3.63, 3.8) is 0 Å². The number of ketones is 1. The van der Waals surface area contributed by atoms with Crippen LogP contribution in [0.15, 0.2) is 30.6 Å². The Morgan fingerprint density at radius 1 is 0.696 bits per heavy atom. The Hall–Kier alpha value is -1.18. The van der Waals surface area contributed by atoms with Crippen LogP contribution in [0.1, 0.15) is 90.4 Å². The van der Waals surface area contributed by atoms with Crippen molar-refractivity contribution in [3.8, 4) is 0 Å². The van der Waals surface area contributed by atoms with Crippen LogP contribution in [0.5, 0.6) is 0 Å². The molecule has 0 amide bonds. The minimum absolute atomic E-state index is 0.486. The van der Waals surface area contributed by atoms with Gasteiger partial charge in [-0.25, -0.2) is 4.57 Å². The van der Waals surface area contributed by atoms with E-state index in [4.69, 9.17) is 0 Å². The van der Waals surface area contributed by atoms with E-state index in [2.05, 4.69) is 42.1 Å². The summed E-state index contributed by atoms with van der Waals surface area (Å²) < 4.78 is 2.24. The summed E-state index contributed by atoms with van der Waals surface area (Å²) in [7, 11) is 0. The Morgan fingerprint density at radius 2 is 1.22 bits per heavy atom. The second-order valence-electron chi connectivity index (χ2n) is 6.69. The quantitative estimate of drug-likeness (QED) is 0.303. The molecule has 0 aliphatic heterocycles. The Kier molecular flexibility index (Phi) is 12.5. The molecular weight excluding hydrogens is 282 g/mol. The van der Waals surface area contributed by atoms with Gasteiger partial charge in [0.2, 0.25) is 0 Å². The van der Waals surface area contributed by atoms with E-state index in [1.54, 1.807) is 0 Å². The van der Waals surface area contributed by atoms with Crippen molar-refractivity contribution in [2.75, 3.05) is 0 Å². The lowest BCUT2D eigenvalue weighted by molar-refractivity contribution is -0.697. The standard InChI is InChI=1S/C21H36NO/c1-2-3-4-5-7-11-16-21(23)17-12-8-6-9-13-18-22-19-14-10-15-20-22/h10,14-15,19-20H,2-9,11-13,16-18H2,1H3/q+1. The molecule has 1 aromatic rings. The number of carbonyl (C=O) groups is 1. The maximum absolute atomic E-state index is 11.8. The monoisotopic (exact) mass is 318 g/mol. The topological polar surface area (TPSA) is 20.9 Å². The first-order chi connectivity index (χ1) is 11.3. The second kappa shape index (κ2) is 14.4. The maximum atomic E-state index is 11.8. The fourth-order valence-electron chi connectivity index (χ4n) is 2.96. The van der Waals surface area contributed by atoms with Gasteiger partial charge in [-0.3, -0.25) is 4.79 Å². The summed E-state index contributed by atoms with van der Waals surface area (Å²) in [4.78, 5) is 11.8. The van der Waals surface area contributed by atoms with E-state index in [-0.39, 0.29) is 0 Å². The van der Waals surface area contributed by atoms with Crippen molar-refractivity contribution in [2.45, 2.75) is 96.9 Å². The van der Waals surface area contributed by atoms with Crippen molar-refractivity contribution in [3.05, 3.63) is 30.6 Å². The third-order valence-electron chi connectivity index (χ3n) is 4.46. The third-order valence-corrected chi connectivity index (χ3v) is 4.46. The molecular formula is C21H36NO+. The van der Waals surface area contributed by atoms with E-state index in [1.165, 1.54) is 57.8 Å². The van der Waals surface area contributed by atoms with Crippen molar-refractivity contribution in [1.82, 2.24) is 0 Å². The lowest BCUT2D eigenvalue weighted by Gasteiger charge is -2.02. The van der Waals surface area contributed by atoms with Gasteiger partial charge in [0, 0.05) is 31.4 Å². The van der Waals surface area contributed by atoms with E-state index >= 15 is 0 Å². The number of aromatic nitrogens is 1. The number of aryl methyl sites for hydroxylation is 1. The predicted octanol–water partition coefficient (Wildman–Crippen LogP) is 5.63. The number of carbonyl (C=O) groups excluding carboxylic acids is 1. The van der Waals surface area contributed by atoms with E-state index in [1.807, 2.05) is 0 Å². The van der Waals surface area contributed by atoms with Gasteiger partial charge in [-0.2, -0.15) is 0 Å². The molecule has 0 saturated heterocycles. The van der Waals surface area contributed by atoms with Crippen LogP contribution in [-0.2, 0) is 11.3 Å². The molecule has 0 aromatic carbocycles. The average Bonchev–Trinajstić information content (AvgIpc) is 2.58. The normalized spacial score (nSPS) is 10.8. The summed E-state index contributed by atoms with van der Waals surface area (Å²) in [5.74, 6) is 0.486. The molecule has 130 valence electrons. The van der Waals surface area contributed by atoms with Crippen molar-refractivity contribution < 1.29 is 9.36 Å². The van der Waals surface area contributed by atoms with Gasteiger partial charge in [0.05, 0.1) is 0 Å². The number of pyridine rings is 1. The molecule has 1 rings (SSSR count). The van der Waals surface area contributed by atoms with Crippen LogP contribution in [0.25, 0.3) is 0 Å². The summed E-state index contributed by atoms with van der Waals surface area (Å²) in [5, 5.41) is 0. The molecule has 0 fully saturated rings. The number of hydrogen-bond donors (Lipinski definition) is 0. The first-order valence-electron chi connectivity index (χ1n) is 9.78. The summed E-state index contributed by atoms with van der Waals surface area (Å²) >= 11 is 0. The molecule has 0 bridgehead atoms. The summed E-state index contributed by atoms with van der Waals surface area (Å²) in [5.41, 5.74) is 0. The largest absolute Gasteiger partial charge is 0.300 e. The average molecular weight is 319 g/mol. The predicted molar refractivity (Wildman–Crippen MR) is 97.3 cm³/mol. The van der Waals surface area contributed by atoms with Crippen molar-refractivity contribution in [1.29, 1.82) is 0 Å². The highest BCUT2D eigenvalue weighted by atomic mass is 16.1. The minimum Gasteiger partial charge on any atom is -0.300 e. The van der Waals surface area contributed by atoms with Crippen LogP contribution in [0.2, 0.25) is 0 Å². The Labute approximate surface area is 143 Å². The molecule has 1 aromatic heterocycles. The highest BCUT2D eigenvalue weighted by Gasteiger charge is 2.02. The lowest BCUT2D eigenvalue weighted by atomic mass is 10.0. The van der Waals surface area contributed by atoms with E-state index < -0.39 is 0 Å². The molecule has 2 heteroatoms. The van der Waals surface area contributed by atoms with Crippen LogP contribution in [0, 0.1) is 0 Å². The van der Waals surface area contributed by atoms with Crippen LogP contribution in [-0.4, -0.2) is 5.78 Å². The van der Waals surface area contributed by atoms with E-state index in [0.717, 1.165) is 32.2 Å². The number of hydrogen-bond acceptors (Lipinski definition) is 1. The van der Waals surface area contributed by atoms with Gasteiger partial charge in [-0.05, 0) is 19.3 Å². The van der Waals surface area contributed by atoms with Gasteiger partial charge < -0.3 is 0 Å². The Morgan fingerprint density at radius 3 is 1.83 bits per heavy atom. The van der Waals surface area contributed by atoms with Crippen LogP contribution in [0.4, 0.5) is 0 Å². The summed E-state index contributed by atoms with van der Waals surface area (Å²) in [6.45, 7) is 3.35. The van der Waals surface area contributed by atoms with Crippen LogP contribution < -0.4 is 4.57 Å². The Balaban J connectivity index is 1.84. The smallest absolute Gasteiger partial charge is 0.168 e. The maximum Gasteiger partial charge on any atom is 0.168 e. The van der Waals surface area contributed by atoms with Crippen LogP contribution >= 0.6 is 0 Å². The zero-order chi connectivity index (χ0) is 16.6. The van der Waals surface area contributed by atoms with Gasteiger partial charge in [-0.1, -0.05) is 57.9 Å². The number of nitrogens with zero attached hydrogens (tertiary/aromatic N) is 1. The number of rotatable bonds is 15. The zero-order valence-corrected chi connectivity index (χ0v) is 15.1. The summed E-state index contributed by atoms with van der Waals surface area (Å²) in [6.07, 6.45) is 19.6.